The Labute approximate surface area is 70.4 Å². The van der Waals surface area contributed by atoms with Crippen molar-refractivity contribution in [2.45, 2.75) is 6.29 Å². The molecule has 3 heteroatoms. The third-order valence-electron chi connectivity index (χ3n) is 1.71. The van der Waals surface area contributed by atoms with E-state index in [1.54, 1.807) is 0 Å². The van der Waals surface area contributed by atoms with Crippen molar-refractivity contribution in [3.63, 3.8) is 0 Å². The van der Waals surface area contributed by atoms with Gasteiger partial charge in [-0.15, -0.1) is 0 Å². The molecule has 12 heavy (non-hydrogen) atoms. The van der Waals surface area contributed by atoms with E-state index in [0.717, 1.165) is 5.56 Å². The quantitative estimate of drug-likeness (QED) is 0.642. The lowest BCUT2D eigenvalue weighted by Crippen LogP contribution is -2.01. The van der Waals surface area contributed by atoms with Crippen molar-refractivity contribution in [2.24, 2.45) is 0 Å². The zero-order valence-electron chi connectivity index (χ0n) is 6.44. The summed E-state index contributed by atoms with van der Waals surface area (Å²) in [6, 6.07) is 7.48. The van der Waals surface area contributed by atoms with E-state index in [1.807, 2.05) is 24.3 Å². The Balaban J connectivity index is 2.27. The minimum Gasteiger partial charge on any atom is -0.455 e. The highest BCUT2D eigenvalue weighted by molar-refractivity contribution is 5.47. The van der Waals surface area contributed by atoms with Gasteiger partial charge in [-0.05, 0) is 12.1 Å². The second-order valence-corrected chi connectivity index (χ2v) is 2.51. The molecule has 0 unspecified atom stereocenters. The van der Waals surface area contributed by atoms with E-state index in [2.05, 4.69) is 0 Å². The largest absolute Gasteiger partial charge is 0.455 e. The van der Waals surface area contributed by atoms with Crippen LogP contribution < -0.4 is 5.73 Å². The van der Waals surface area contributed by atoms with Gasteiger partial charge in [-0.25, -0.2) is 0 Å². The van der Waals surface area contributed by atoms with Crippen LogP contribution in [0.1, 0.15) is 11.9 Å². The topological polar surface area (TPSA) is 44.5 Å². The molecule has 0 radical (unpaired) electrons. The van der Waals surface area contributed by atoms with Crippen LogP contribution in [0.15, 0.2) is 36.8 Å². The van der Waals surface area contributed by atoms with E-state index in [9.17, 15) is 0 Å². The summed E-state index contributed by atoms with van der Waals surface area (Å²) < 4.78 is 10.3. The first-order valence-corrected chi connectivity index (χ1v) is 3.68. The molecule has 1 aliphatic heterocycles. The van der Waals surface area contributed by atoms with E-state index in [1.165, 1.54) is 12.5 Å². The average Bonchev–Trinajstić information content (AvgIpc) is 2.57. The minimum absolute atomic E-state index is 0.369. The van der Waals surface area contributed by atoms with Crippen molar-refractivity contribution >= 4 is 5.69 Å². The first-order chi connectivity index (χ1) is 5.88. The fourth-order valence-corrected chi connectivity index (χ4v) is 1.11. The fourth-order valence-electron chi connectivity index (χ4n) is 1.11. The van der Waals surface area contributed by atoms with Crippen molar-refractivity contribution in [3.8, 4) is 0 Å². The summed E-state index contributed by atoms with van der Waals surface area (Å²) in [5, 5.41) is 0. The Bertz CT molecular complexity index is 301. The van der Waals surface area contributed by atoms with Gasteiger partial charge in [-0.1, -0.05) is 12.1 Å². The van der Waals surface area contributed by atoms with Crippen molar-refractivity contribution in [3.05, 3.63) is 42.4 Å². The zero-order chi connectivity index (χ0) is 8.39. The molecule has 2 rings (SSSR count). The van der Waals surface area contributed by atoms with Crippen LogP contribution in [0.4, 0.5) is 5.69 Å². The number of hydrogen-bond acceptors (Lipinski definition) is 3. The third kappa shape index (κ3) is 1.09. The monoisotopic (exact) mass is 163 g/mol. The number of para-hydroxylation sites is 1. The van der Waals surface area contributed by atoms with Crippen LogP contribution >= 0.6 is 0 Å². The summed E-state index contributed by atoms with van der Waals surface area (Å²) in [5.74, 6) is 0. The molecule has 1 aromatic carbocycles. The van der Waals surface area contributed by atoms with Crippen molar-refractivity contribution in [2.75, 3.05) is 5.73 Å². The predicted molar refractivity (Wildman–Crippen MR) is 44.9 cm³/mol. The van der Waals surface area contributed by atoms with Crippen LogP contribution in [0.25, 0.3) is 0 Å². The molecule has 0 spiro atoms. The van der Waals surface area contributed by atoms with E-state index < -0.39 is 0 Å². The second-order valence-electron chi connectivity index (χ2n) is 2.51. The number of rotatable bonds is 1. The highest BCUT2D eigenvalue weighted by Crippen LogP contribution is 2.27. The van der Waals surface area contributed by atoms with Gasteiger partial charge in [-0.3, -0.25) is 0 Å². The van der Waals surface area contributed by atoms with E-state index in [-0.39, 0.29) is 6.29 Å². The number of anilines is 1. The van der Waals surface area contributed by atoms with Gasteiger partial charge in [0, 0.05) is 5.69 Å². The number of ether oxygens (including phenoxy) is 2. The van der Waals surface area contributed by atoms with Crippen molar-refractivity contribution in [1.82, 2.24) is 0 Å². The number of hydrogen-bond donors (Lipinski definition) is 1. The van der Waals surface area contributed by atoms with Crippen LogP contribution in [0.2, 0.25) is 0 Å². The molecule has 1 aliphatic rings. The molecular weight excluding hydrogens is 154 g/mol. The van der Waals surface area contributed by atoms with Gasteiger partial charge >= 0.3 is 0 Å². The van der Waals surface area contributed by atoms with Gasteiger partial charge < -0.3 is 15.2 Å². The fraction of sp³-hybridized carbons (Fsp3) is 0.111. The van der Waals surface area contributed by atoms with Crippen LogP contribution in [0, 0.1) is 0 Å². The Morgan fingerprint density at radius 3 is 2.42 bits per heavy atom. The maximum Gasteiger partial charge on any atom is 0.268 e. The maximum atomic E-state index is 5.71. The highest BCUT2D eigenvalue weighted by atomic mass is 16.7. The average molecular weight is 163 g/mol. The van der Waals surface area contributed by atoms with Crippen LogP contribution in [-0.4, -0.2) is 0 Å². The Hall–Kier alpha value is -1.64. The normalized spacial score (nSPS) is 15.7. The lowest BCUT2D eigenvalue weighted by molar-refractivity contribution is -0.0239. The lowest BCUT2D eigenvalue weighted by atomic mass is 10.2. The van der Waals surface area contributed by atoms with Gasteiger partial charge in [0.15, 0.2) is 0 Å². The van der Waals surface area contributed by atoms with E-state index >= 15 is 0 Å². The molecule has 2 N–H and O–H groups in total. The molecule has 62 valence electrons. The zero-order valence-corrected chi connectivity index (χ0v) is 6.44. The minimum atomic E-state index is -0.369. The standard InChI is InChI=1S/C9H9NO2/c10-8-4-2-1-3-7(8)9-11-5-6-12-9/h1-6,9H,10H2. The summed E-state index contributed by atoms with van der Waals surface area (Å²) in [4.78, 5) is 0. The molecule has 0 aliphatic carbocycles. The van der Waals surface area contributed by atoms with Crippen LogP contribution in [0.3, 0.4) is 0 Å². The molecular formula is C9H9NO2. The Morgan fingerprint density at radius 1 is 1.08 bits per heavy atom. The summed E-state index contributed by atoms with van der Waals surface area (Å²) in [6.45, 7) is 0. The molecule has 3 nitrogen and oxygen atoms in total. The summed E-state index contributed by atoms with van der Waals surface area (Å²) >= 11 is 0. The second kappa shape index (κ2) is 2.77. The number of nitrogens with two attached hydrogens (primary N) is 1. The molecule has 1 heterocycles. The van der Waals surface area contributed by atoms with Crippen molar-refractivity contribution in [1.29, 1.82) is 0 Å². The van der Waals surface area contributed by atoms with Gasteiger partial charge in [0.05, 0.1) is 5.56 Å². The Morgan fingerprint density at radius 2 is 1.75 bits per heavy atom. The van der Waals surface area contributed by atoms with Gasteiger partial charge in [0.25, 0.3) is 6.29 Å². The maximum absolute atomic E-state index is 5.71. The van der Waals surface area contributed by atoms with E-state index in [4.69, 9.17) is 15.2 Å². The molecule has 0 aromatic heterocycles. The molecule has 0 atom stereocenters. The summed E-state index contributed by atoms with van der Waals surface area (Å²) in [6.07, 6.45) is 2.65. The number of nitrogen functional groups attached to an aromatic ring is 1. The van der Waals surface area contributed by atoms with Gasteiger partial charge in [-0.2, -0.15) is 0 Å². The molecule has 0 saturated heterocycles. The molecule has 1 aromatic rings. The van der Waals surface area contributed by atoms with Crippen molar-refractivity contribution < 1.29 is 9.47 Å². The van der Waals surface area contributed by atoms with Crippen LogP contribution in [0.5, 0.6) is 0 Å². The third-order valence-corrected chi connectivity index (χ3v) is 1.71. The molecule has 0 amide bonds. The predicted octanol–water partition coefficient (Wildman–Crippen LogP) is 1.79. The lowest BCUT2D eigenvalue weighted by Gasteiger charge is -2.11. The number of benzene rings is 1. The van der Waals surface area contributed by atoms with Gasteiger partial charge in [0.1, 0.15) is 12.5 Å². The van der Waals surface area contributed by atoms with Crippen LogP contribution in [-0.2, 0) is 9.47 Å². The summed E-state index contributed by atoms with van der Waals surface area (Å²) in [7, 11) is 0. The highest BCUT2D eigenvalue weighted by Gasteiger charge is 2.16. The molecule has 0 fully saturated rings. The first kappa shape index (κ1) is 7.03. The first-order valence-electron chi connectivity index (χ1n) is 3.68. The molecule has 0 saturated carbocycles. The summed E-state index contributed by atoms with van der Waals surface area (Å²) in [5.41, 5.74) is 7.26. The SMILES string of the molecule is Nc1ccccc1C1OC=CO1. The van der Waals surface area contributed by atoms with E-state index in [0.29, 0.717) is 5.69 Å². The Kier molecular flexibility index (Phi) is 1.63. The smallest absolute Gasteiger partial charge is 0.268 e. The molecule has 0 bridgehead atoms. The van der Waals surface area contributed by atoms with Gasteiger partial charge in [0.2, 0.25) is 0 Å².